The van der Waals surface area contributed by atoms with E-state index >= 15 is 0 Å². The van der Waals surface area contributed by atoms with Gasteiger partial charge in [-0.05, 0) is 18.2 Å². The van der Waals surface area contributed by atoms with Crippen LogP contribution in [0.15, 0.2) is 36.4 Å². The monoisotopic (exact) mass is 274 g/mol. The van der Waals surface area contributed by atoms with Gasteiger partial charge in [0.2, 0.25) is 0 Å². The van der Waals surface area contributed by atoms with Crippen molar-refractivity contribution < 1.29 is 9.18 Å². The summed E-state index contributed by atoms with van der Waals surface area (Å²) in [6.07, 6.45) is 0. The van der Waals surface area contributed by atoms with Gasteiger partial charge in [0.05, 0.1) is 0 Å². The second-order valence-corrected chi connectivity index (χ2v) is 4.31. The average Bonchev–Trinajstić information content (AvgIpc) is 2.49. The summed E-state index contributed by atoms with van der Waals surface area (Å²) < 4.78 is 13.5. The SMILES string of the molecule is CNc1ccc(C(=O)N(C)Cc2ccccc2F)nn1. The highest BCUT2D eigenvalue weighted by Crippen LogP contribution is 2.11. The smallest absolute Gasteiger partial charge is 0.274 e. The molecule has 0 saturated carbocycles. The molecule has 1 aromatic heterocycles. The summed E-state index contributed by atoms with van der Waals surface area (Å²) in [6, 6.07) is 9.61. The molecule has 1 aromatic carbocycles. The molecule has 0 unspecified atom stereocenters. The largest absolute Gasteiger partial charge is 0.372 e. The van der Waals surface area contributed by atoms with E-state index in [9.17, 15) is 9.18 Å². The maximum absolute atomic E-state index is 13.5. The first-order chi connectivity index (χ1) is 9.61. The summed E-state index contributed by atoms with van der Waals surface area (Å²) in [5.74, 6) is -0.0505. The predicted octanol–water partition coefficient (Wildman–Crippen LogP) is 1.93. The highest BCUT2D eigenvalue weighted by molar-refractivity contribution is 5.92. The molecule has 0 fully saturated rings. The topological polar surface area (TPSA) is 58.1 Å². The molecule has 1 heterocycles. The van der Waals surface area contributed by atoms with Crippen LogP contribution in [0.3, 0.4) is 0 Å². The van der Waals surface area contributed by atoms with E-state index in [0.717, 1.165) is 0 Å². The highest BCUT2D eigenvalue weighted by Gasteiger charge is 2.15. The van der Waals surface area contributed by atoms with Crippen LogP contribution in [0.1, 0.15) is 16.1 Å². The molecule has 0 aliphatic heterocycles. The molecular weight excluding hydrogens is 259 g/mol. The number of carbonyl (C=O) groups is 1. The van der Waals surface area contributed by atoms with Crippen molar-refractivity contribution in [1.29, 1.82) is 0 Å². The lowest BCUT2D eigenvalue weighted by atomic mass is 10.2. The van der Waals surface area contributed by atoms with Gasteiger partial charge in [0, 0.05) is 26.2 Å². The predicted molar refractivity (Wildman–Crippen MR) is 73.8 cm³/mol. The van der Waals surface area contributed by atoms with Crippen LogP contribution in [-0.4, -0.2) is 35.1 Å². The highest BCUT2D eigenvalue weighted by atomic mass is 19.1. The quantitative estimate of drug-likeness (QED) is 0.925. The molecule has 0 aliphatic carbocycles. The van der Waals surface area contributed by atoms with Gasteiger partial charge < -0.3 is 10.2 Å². The molecule has 20 heavy (non-hydrogen) atoms. The van der Waals surface area contributed by atoms with Crippen LogP contribution in [0.2, 0.25) is 0 Å². The normalized spacial score (nSPS) is 10.2. The fourth-order valence-corrected chi connectivity index (χ4v) is 1.73. The summed E-state index contributed by atoms with van der Waals surface area (Å²) in [5.41, 5.74) is 0.686. The number of rotatable bonds is 4. The summed E-state index contributed by atoms with van der Waals surface area (Å²) in [5, 5.41) is 10.5. The third-order valence-corrected chi connectivity index (χ3v) is 2.85. The molecule has 2 rings (SSSR count). The zero-order valence-corrected chi connectivity index (χ0v) is 11.3. The molecule has 1 amide bonds. The Bertz CT molecular complexity index is 600. The third kappa shape index (κ3) is 3.09. The number of halogens is 1. The van der Waals surface area contributed by atoms with Crippen LogP contribution in [0.25, 0.3) is 0 Å². The number of nitrogens with one attached hydrogen (secondary N) is 1. The summed E-state index contributed by atoms with van der Waals surface area (Å²) in [7, 11) is 3.32. The number of carbonyl (C=O) groups excluding carboxylic acids is 1. The molecule has 0 atom stereocenters. The van der Waals surface area contributed by atoms with E-state index < -0.39 is 0 Å². The van der Waals surface area contributed by atoms with Crippen LogP contribution in [-0.2, 0) is 6.54 Å². The van der Waals surface area contributed by atoms with Gasteiger partial charge in [0.15, 0.2) is 5.69 Å². The maximum Gasteiger partial charge on any atom is 0.274 e. The van der Waals surface area contributed by atoms with Gasteiger partial charge in [0.1, 0.15) is 11.6 Å². The van der Waals surface area contributed by atoms with E-state index in [-0.39, 0.29) is 24.0 Å². The van der Waals surface area contributed by atoms with E-state index in [1.165, 1.54) is 11.0 Å². The van der Waals surface area contributed by atoms with Crippen molar-refractivity contribution >= 4 is 11.7 Å². The van der Waals surface area contributed by atoms with E-state index in [1.807, 2.05) is 0 Å². The third-order valence-electron chi connectivity index (χ3n) is 2.85. The van der Waals surface area contributed by atoms with Crippen LogP contribution in [0.5, 0.6) is 0 Å². The Labute approximate surface area is 116 Å². The van der Waals surface area contributed by atoms with E-state index in [0.29, 0.717) is 11.4 Å². The first-order valence-electron chi connectivity index (χ1n) is 6.12. The van der Waals surface area contributed by atoms with Gasteiger partial charge in [-0.3, -0.25) is 4.79 Å². The second kappa shape index (κ2) is 6.10. The minimum atomic E-state index is -0.330. The number of hydrogen-bond donors (Lipinski definition) is 1. The minimum Gasteiger partial charge on any atom is -0.372 e. The number of aromatic nitrogens is 2. The molecule has 0 saturated heterocycles. The summed E-state index contributed by atoms with van der Waals surface area (Å²) in [4.78, 5) is 13.5. The Hall–Kier alpha value is -2.50. The molecule has 0 aliphatic rings. The van der Waals surface area contributed by atoms with Crippen LogP contribution in [0.4, 0.5) is 10.2 Å². The second-order valence-electron chi connectivity index (χ2n) is 4.31. The number of amides is 1. The van der Waals surface area contributed by atoms with Crippen molar-refractivity contribution in [2.75, 3.05) is 19.4 Å². The standard InChI is InChI=1S/C14H15FN4O/c1-16-13-8-7-12(17-18-13)14(20)19(2)9-10-5-3-4-6-11(10)15/h3-8H,9H2,1-2H3,(H,16,18). The van der Waals surface area contributed by atoms with Crippen molar-refractivity contribution in [3.8, 4) is 0 Å². The maximum atomic E-state index is 13.5. The van der Waals surface area contributed by atoms with Gasteiger partial charge in [-0.25, -0.2) is 4.39 Å². The Kier molecular flexibility index (Phi) is 4.24. The number of hydrogen-bond acceptors (Lipinski definition) is 4. The number of benzene rings is 1. The molecule has 0 radical (unpaired) electrons. The molecule has 2 aromatic rings. The van der Waals surface area contributed by atoms with Gasteiger partial charge in [-0.15, -0.1) is 10.2 Å². The zero-order valence-electron chi connectivity index (χ0n) is 11.3. The molecule has 1 N–H and O–H groups in total. The fourth-order valence-electron chi connectivity index (χ4n) is 1.73. The van der Waals surface area contributed by atoms with E-state index in [1.54, 1.807) is 44.4 Å². The number of nitrogens with zero attached hydrogens (tertiary/aromatic N) is 3. The van der Waals surface area contributed by atoms with E-state index in [4.69, 9.17) is 0 Å². The van der Waals surface area contributed by atoms with Crippen LogP contribution in [0, 0.1) is 5.82 Å². The lowest BCUT2D eigenvalue weighted by Gasteiger charge is -2.17. The van der Waals surface area contributed by atoms with Gasteiger partial charge in [-0.2, -0.15) is 0 Å². The average molecular weight is 274 g/mol. The lowest BCUT2D eigenvalue weighted by Crippen LogP contribution is -2.27. The lowest BCUT2D eigenvalue weighted by molar-refractivity contribution is 0.0777. The van der Waals surface area contributed by atoms with E-state index in [2.05, 4.69) is 15.5 Å². The minimum absolute atomic E-state index is 0.182. The van der Waals surface area contributed by atoms with Crippen LogP contribution >= 0.6 is 0 Å². The first kappa shape index (κ1) is 13.9. The van der Waals surface area contributed by atoms with Gasteiger partial charge in [-0.1, -0.05) is 18.2 Å². The molecule has 104 valence electrons. The fraction of sp³-hybridized carbons (Fsp3) is 0.214. The van der Waals surface area contributed by atoms with Crippen molar-refractivity contribution in [3.05, 3.63) is 53.5 Å². The molecular formula is C14H15FN4O. The van der Waals surface area contributed by atoms with Gasteiger partial charge >= 0.3 is 0 Å². The number of anilines is 1. The van der Waals surface area contributed by atoms with Crippen molar-refractivity contribution in [1.82, 2.24) is 15.1 Å². The Morgan fingerprint density at radius 3 is 2.60 bits per heavy atom. The Morgan fingerprint density at radius 1 is 1.25 bits per heavy atom. The molecule has 5 nitrogen and oxygen atoms in total. The van der Waals surface area contributed by atoms with Crippen molar-refractivity contribution in [2.24, 2.45) is 0 Å². The van der Waals surface area contributed by atoms with Crippen molar-refractivity contribution in [2.45, 2.75) is 6.54 Å². The van der Waals surface area contributed by atoms with Crippen LogP contribution < -0.4 is 5.32 Å². The Balaban J connectivity index is 2.10. The molecule has 6 heteroatoms. The first-order valence-corrected chi connectivity index (χ1v) is 6.12. The Morgan fingerprint density at radius 2 is 2.00 bits per heavy atom. The van der Waals surface area contributed by atoms with Gasteiger partial charge in [0.25, 0.3) is 5.91 Å². The summed E-state index contributed by atoms with van der Waals surface area (Å²) >= 11 is 0. The van der Waals surface area contributed by atoms with Crippen molar-refractivity contribution in [3.63, 3.8) is 0 Å². The zero-order chi connectivity index (χ0) is 14.5. The summed E-state index contributed by atoms with van der Waals surface area (Å²) in [6.45, 7) is 0.182. The molecule has 0 spiro atoms. The molecule has 0 bridgehead atoms.